The molecule has 0 saturated carbocycles. The number of aromatic nitrogens is 1. The number of piperazine rings is 1. The molecule has 0 aromatic carbocycles. The minimum atomic E-state index is 0.1000. The fourth-order valence-electron chi connectivity index (χ4n) is 2.33. The quantitative estimate of drug-likeness (QED) is 0.732. The van der Waals surface area contributed by atoms with Crippen LogP contribution >= 0.6 is 0 Å². The molecule has 0 aliphatic carbocycles. The van der Waals surface area contributed by atoms with Crippen molar-refractivity contribution < 1.29 is 14.3 Å². The van der Waals surface area contributed by atoms with Gasteiger partial charge in [0, 0.05) is 32.7 Å². The molecule has 2 heterocycles. The molecule has 2 rings (SSSR count). The lowest BCUT2D eigenvalue weighted by Crippen LogP contribution is -2.46. The van der Waals surface area contributed by atoms with Crippen LogP contribution in [0.1, 0.15) is 17.3 Å². The Morgan fingerprint density at radius 1 is 1.15 bits per heavy atom. The molecule has 6 heteroatoms. The number of ether oxygens (including phenoxy) is 1. The molecule has 0 bridgehead atoms. The molecule has 1 aliphatic rings. The fraction of sp³-hybridized carbons (Fsp3) is 0.786. The first-order chi connectivity index (χ1) is 9.69. The highest BCUT2D eigenvalue weighted by molar-refractivity contribution is 5.05. The van der Waals surface area contributed by atoms with Crippen LogP contribution in [0.15, 0.2) is 4.42 Å². The van der Waals surface area contributed by atoms with E-state index in [9.17, 15) is 0 Å². The van der Waals surface area contributed by atoms with Crippen LogP contribution in [0.2, 0.25) is 0 Å². The summed E-state index contributed by atoms with van der Waals surface area (Å²) in [5.41, 5.74) is 0.986. The molecule has 6 nitrogen and oxygen atoms in total. The summed E-state index contributed by atoms with van der Waals surface area (Å²) < 4.78 is 10.9. The molecule has 0 amide bonds. The molecule has 1 aromatic rings. The van der Waals surface area contributed by atoms with Crippen molar-refractivity contribution in [2.24, 2.45) is 0 Å². The third-order valence-electron chi connectivity index (χ3n) is 3.68. The van der Waals surface area contributed by atoms with Gasteiger partial charge in [-0.2, -0.15) is 0 Å². The minimum absolute atomic E-state index is 0.1000. The minimum Gasteiger partial charge on any atom is -0.444 e. The summed E-state index contributed by atoms with van der Waals surface area (Å²) in [5.74, 6) is 1.74. The topological polar surface area (TPSA) is 62.0 Å². The smallest absolute Gasteiger partial charge is 0.208 e. The maximum absolute atomic E-state index is 8.64. The van der Waals surface area contributed by atoms with Crippen LogP contribution in [0.5, 0.6) is 0 Å². The number of hydrogen-bond acceptors (Lipinski definition) is 6. The average Bonchev–Trinajstić information content (AvgIpc) is 2.75. The highest BCUT2D eigenvalue weighted by Gasteiger charge is 2.18. The van der Waals surface area contributed by atoms with Crippen LogP contribution in [-0.4, -0.2) is 72.4 Å². The van der Waals surface area contributed by atoms with E-state index in [2.05, 4.69) is 14.8 Å². The van der Waals surface area contributed by atoms with Crippen LogP contribution in [0.3, 0.4) is 0 Å². The zero-order valence-electron chi connectivity index (χ0n) is 12.5. The molecule has 1 fully saturated rings. The lowest BCUT2D eigenvalue weighted by Gasteiger charge is -2.33. The second kappa shape index (κ2) is 7.73. The summed E-state index contributed by atoms with van der Waals surface area (Å²) in [6.45, 7) is 11.0. The van der Waals surface area contributed by atoms with Crippen molar-refractivity contribution in [1.29, 1.82) is 0 Å². The average molecular weight is 283 g/mol. The first-order valence-electron chi connectivity index (χ1n) is 7.25. The Kier molecular flexibility index (Phi) is 5.97. The van der Waals surface area contributed by atoms with Crippen LogP contribution < -0.4 is 0 Å². The zero-order chi connectivity index (χ0) is 14.4. The molecule has 1 N–H and O–H groups in total. The van der Waals surface area contributed by atoms with E-state index in [-0.39, 0.29) is 6.61 Å². The Morgan fingerprint density at radius 2 is 1.85 bits per heavy atom. The molecule has 1 saturated heterocycles. The Labute approximate surface area is 120 Å². The molecule has 0 atom stereocenters. The molecule has 1 aromatic heterocycles. The Hall–Kier alpha value is -0.950. The van der Waals surface area contributed by atoms with Crippen LogP contribution in [-0.2, 0) is 11.3 Å². The van der Waals surface area contributed by atoms with Crippen LogP contribution in [0, 0.1) is 13.8 Å². The predicted octanol–water partition coefficient (Wildman–Crippen LogP) is 0.418. The van der Waals surface area contributed by atoms with Gasteiger partial charge < -0.3 is 14.3 Å². The summed E-state index contributed by atoms with van der Waals surface area (Å²) >= 11 is 0. The van der Waals surface area contributed by atoms with Gasteiger partial charge in [-0.25, -0.2) is 4.98 Å². The Balaban J connectivity index is 1.66. The third kappa shape index (κ3) is 4.56. The largest absolute Gasteiger partial charge is 0.444 e. The summed E-state index contributed by atoms with van der Waals surface area (Å²) in [4.78, 5) is 9.19. The van der Waals surface area contributed by atoms with Crippen molar-refractivity contribution >= 4 is 0 Å². The molecule has 114 valence electrons. The van der Waals surface area contributed by atoms with Gasteiger partial charge in [-0.1, -0.05) is 0 Å². The standard InChI is InChI=1S/C14H25N3O3/c1-12-13(2)20-14(15-12)11-17-5-3-16(4-6-17)7-9-19-10-8-18/h18H,3-11H2,1-2H3. The fourth-order valence-corrected chi connectivity index (χ4v) is 2.33. The lowest BCUT2D eigenvalue weighted by atomic mass is 10.3. The van der Waals surface area contributed by atoms with Crippen molar-refractivity contribution in [3.05, 3.63) is 17.3 Å². The second-order valence-electron chi connectivity index (χ2n) is 5.20. The van der Waals surface area contributed by atoms with Gasteiger partial charge in [0.1, 0.15) is 5.76 Å². The van der Waals surface area contributed by atoms with E-state index in [1.807, 2.05) is 13.8 Å². The van der Waals surface area contributed by atoms with Gasteiger partial charge in [0.05, 0.1) is 32.1 Å². The van der Waals surface area contributed by atoms with E-state index in [4.69, 9.17) is 14.3 Å². The number of aliphatic hydroxyl groups excluding tert-OH is 1. The maximum atomic E-state index is 8.64. The van der Waals surface area contributed by atoms with Crippen molar-refractivity contribution in [2.45, 2.75) is 20.4 Å². The predicted molar refractivity (Wildman–Crippen MR) is 75.6 cm³/mol. The van der Waals surface area contributed by atoms with Gasteiger partial charge in [-0.15, -0.1) is 0 Å². The van der Waals surface area contributed by atoms with Crippen molar-refractivity contribution in [3.63, 3.8) is 0 Å². The lowest BCUT2D eigenvalue weighted by molar-refractivity contribution is 0.0549. The van der Waals surface area contributed by atoms with Crippen molar-refractivity contribution in [3.8, 4) is 0 Å². The first-order valence-corrected chi connectivity index (χ1v) is 7.25. The number of nitrogens with zero attached hydrogens (tertiary/aromatic N) is 3. The van der Waals surface area contributed by atoms with Gasteiger partial charge in [-0.3, -0.25) is 9.80 Å². The highest BCUT2D eigenvalue weighted by Crippen LogP contribution is 2.12. The first kappa shape index (κ1) is 15.4. The zero-order valence-corrected chi connectivity index (χ0v) is 12.5. The Morgan fingerprint density at radius 3 is 2.45 bits per heavy atom. The molecule has 1 aliphatic heterocycles. The van der Waals surface area contributed by atoms with Crippen molar-refractivity contribution in [1.82, 2.24) is 14.8 Å². The molecule has 0 radical (unpaired) electrons. The van der Waals surface area contributed by atoms with E-state index >= 15 is 0 Å². The molecule has 20 heavy (non-hydrogen) atoms. The van der Waals surface area contributed by atoms with E-state index in [1.165, 1.54) is 0 Å². The second-order valence-corrected chi connectivity index (χ2v) is 5.20. The third-order valence-corrected chi connectivity index (χ3v) is 3.68. The van der Waals surface area contributed by atoms with Crippen LogP contribution in [0.4, 0.5) is 0 Å². The molecule has 0 unspecified atom stereocenters. The monoisotopic (exact) mass is 283 g/mol. The van der Waals surface area contributed by atoms with E-state index in [1.54, 1.807) is 0 Å². The number of aliphatic hydroxyl groups is 1. The summed E-state index contributed by atoms with van der Waals surface area (Å²) in [6, 6.07) is 0. The van der Waals surface area contributed by atoms with E-state index < -0.39 is 0 Å². The maximum Gasteiger partial charge on any atom is 0.208 e. The van der Waals surface area contributed by atoms with E-state index in [0.717, 1.165) is 56.6 Å². The van der Waals surface area contributed by atoms with Gasteiger partial charge in [-0.05, 0) is 13.8 Å². The summed E-state index contributed by atoms with van der Waals surface area (Å²) in [5, 5.41) is 8.64. The van der Waals surface area contributed by atoms with Gasteiger partial charge in [0.15, 0.2) is 0 Å². The number of oxazole rings is 1. The van der Waals surface area contributed by atoms with E-state index in [0.29, 0.717) is 13.2 Å². The normalized spacial score (nSPS) is 17.8. The van der Waals surface area contributed by atoms with Gasteiger partial charge >= 0.3 is 0 Å². The van der Waals surface area contributed by atoms with Crippen LogP contribution in [0.25, 0.3) is 0 Å². The summed E-state index contributed by atoms with van der Waals surface area (Å²) in [6.07, 6.45) is 0. The highest BCUT2D eigenvalue weighted by atomic mass is 16.5. The van der Waals surface area contributed by atoms with Crippen molar-refractivity contribution in [2.75, 3.05) is 52.5 Å². The number of aryl methyl sites for hydroxylation is 2. The SMILES string of the molecule is Cc1nc(CN2CCN(CCOCCO)CC2)oc1C. The van der Waals surface area contributed by atoms with Gasteiger partial charge in [0.25, 0.3) is 0 Å². The molecular formula is C14H25N3O3. The number of hydrogen-bond donors (Lipinski definition) is 1. The number of rotatable bonds is 7. The molecular weight excluding hydrogens is 258 g/mol. The van der Waals surface area contributed by atoms with Gasteiger partial charge in [0.2, 0.25) is 5.89 Å². The molecule has 0 spiro atoms. The Bertz CT molecular complexity index is 381. The summed E-state index contributed by atoms with van der Waals surface area (Å²) in [7, 11) is 0.